The fourth-order valence-electron chi connectivity index (χ4n) is 3.14. The van der Waals surface area contributed by atoms with E-state index in [0.29, 0.717) is 37.7 Å². The number of nitrogens with one attached hydrogen (secondary N) is 2. The van der Waals surface area contributed by atoms with Crippen LogP contribution < -0.4 is 19.5 Å². The van der Waals surface area contributed by atoms with Crippen LogP contribution in [0.25, 0.3) is 0 Å². The van der Waals surface area contributed by atoms with Crippen molar-refractivity contribution in [1.29, 1.82) is 0 Å². The molecule has 0 saturated heterocycles. The smallest absolute Gasteiger partial charge is 0.241 e. The standard InChI is InChI=1S/C24H34N2O5S/c1-6-30-21-13-10-19(16-22(21)31-7-2)14-15-25-24(27)23(17(3)4)26-32(28,29)20-11-8-18(5)9-12-20/h8-13,16-17,23,26H,6-7,14-15H2,1-5H3,(H,25,27)/t23-/m0/s1. The number of carbonyl (C=O) groups excluding carboxylic acids is 1. The summed E-state index contributed by atoms with van der Waals surface area (Å²) in [6, 6.07) is 11.3. The molecule has 1 atom stereocenters. The van der Waals surface area contributed by atoms with Crippen LogP contribution in [-0.4, -0.2) is 40.1 Å². The minimum absolute atomic E-state index is 0.138. The van der Waals surface area contributed by atoms with E-state index in [1.165, 1.54) is 12.1 Å². The summed E-state index contributed by atoms with van der Waals surface area (Å²) < 4.78 is 39.2. The van der Waals surface area contributed by atoms with E-state index < -0.39 is 16.1 Å². The predicted molar refractivity (Wildman–Crippen MR) is 126 cm³/mol. The van der Waals surface area contributed by atoms with E-state index >= 15 is 0 Å². The lowest BCUT2D eigenvalue weighted by Gasteiger charge is -2.22. The van der Waals surface area contributed by atoms with Crippen molar-refractivity contribution in [2.24, 2.45) is 5.92 Å². The van der Waals surface area contributed by atoms with Crippen LogP contribution in [0.5, 0.6) is 11.5 Å². The van der Waals surface area contributed by atoms with Gasteiger partial charge in [0.15, 0.2) is 11.5 Å². The Balaban J connectivity index is 2.01. The van der Waals surface area contributed by atoms with Crippen molar-refractivity contribution >= 4 is 15.9 Å². The summed E-state index contributed by atoms with van der Waals surface area (Å²) in [4.78, 5) is 12.9. The Morgan fingerprint density at radius 1 is 0.969 bits per heavy atom. The van der Waals surface area contributed by atoms with Crippen molar-refractivity contribution < 1.29 is 22.7 Å². The predicted octanol–water partition coefficient (Wildman–Crippen LogP) is 3.45. The van der Waals surface area contributed by atoms with Gasteiger partial charge in [-0.25, -0.2) is 8.42 Å². The van der Waals surface area contributed by atoms with E-state index in [-0.39, 0.29) is 16.7 Å². The van der Waals surface area contributed by atoms with E-state index in [1.54, 1.807) is 12.1 Å². The lowest BCUT2D eigenvalue weighted by atomic mass is 10.0. The zero-order valence-corrected chi connectivity index (χ0v) is 20.3. The second kappa shape index (κ2) is 11.9. The number of carbonyl (C=O) groups is 1. The topological polar surface area (TPSA) is 93.7 Å². The summed E-state index contributed by atoms with van der Waals surface area (Å²) in [6.45, 7) is 10.8. The van der Waals surface area contributed by atoms with Gasteiger partial charge in [-0.1, -0.05) is 37.6 Å². The molecule has 0 radical (unpaired) electrons. The molecule has 0 fully saturated rings. The third-order valence-corrected chi connectivity index (χ3v) is 6.34. The molecule has 32 heavy (non-hydrogen) atoms. The zero-order chi connectivity index (χ0) is 23.7. The Labute approximate surface area is 191 Å². The van der Waals surface area contributed by atoms with Gasteiger partial charge < -0.3 is 14.8 Å². The molecule has 2 N–H and O–H groups in total. The average Bonchev–Trinajstić information content (AvgIpc) is 2.74. The first kappa shape index (κ1) is 25.7. The van der Waals surface area contributed by atoms with E-state index in [2.05, 4.69) is 10.0 Å². The molecule has 7 nitrogen and oxygen atoms in total. The van der Waals surface area contributed by atoms with Crippen LogP contribution >= 0.6 is 0 Å². The van der Waals surface area contributed by atoms with Crippen molar-refractivity contribution in [2.45, 2.75) is 52.0 Å². The fraction of sp³-hybridized carbons (Fsp3) is 0.458. The van der Waals surface area contributed by atoms with E-state index in [4.69, 9.17) is 9.47 Å². The van der Waals surface area contributed by atoms with Crippen LogP contribution in [0.2, 0.25) is 0 Å². The minimum Gasteiger partial charge on any atom is -0.490 e. The normalized spacial score (nSPS) is 12.4. The molecule has 2 aromatic carbocycles. The van der Waals surface area contributed by atoms with Crippen molar-refractivity contribution in [3.05, 3.63) is 53.6 Å². The summed E-state index contributed by atoms with van der Waals surface area (Å²) in [7, 11) is -3.81. The number of amides is 1. The molecule has 0 bridgehead atoms. The van der Waals surface area contributed by atoms with Crippen LogP contribution in [0.3, 0.4) is 0 Å². The first-order valence-corrected chi connectivity index (χ1v) is 12.4. The molecule has 0 saturated carbocycles. The first-order chi connectivity index (χ1) is 15.2. The van der Waals surface area contributed by atoms with Crippen molar-refractivity contribution in [3.63, 3.8) is 0 Å². The molecule has 2 aromatic rings. The minimum atomic E-state index is -3.81. The Hall–Kier alpha value is -2.58. The van der Waals surface area contributed by atoms with Gasteiger partial charge in [0, 0.05) is 6.54 Å². The zero-order valence-electron chi connectivity index (χ0n) is 19.5. The number of sulfonamides is 1. The molecule has 0 aliphatic rings. The number of benzene rings is 2. The third kappa shape index (κ3) is 7.24. The molecule has 0 aliphatic heterocycles. The number of hydrogen-bond donors (Lipinski definition) is 2. The van der Waals surface area contributed by atoms with Crippen LogP contribution in [0.4, 0.5) is 0 Å². The monoisotopic (exact) mass is 462 g/mol. The van der Waals surface area contributed by atoms with E-state index in [9.17, 15) is 13.2 Å². The van der Waals surface area contributed by atoms with Gasteiger partial charge in [-0.3, -0.25) is 4.79 Å². The summed E-state index contributed by atoms with van der Waals surface area (Å²) in [5.74, 6) is 0.786. The van der Waals surface area contributed by atoms with Crippen LogP contribution in [0, 0.1) is 12.8 Å². The highest BCUT2D eigenvalue weighted by molar-refractivity contribution is 7.89. The quantitative estimate of drug-likeness (QED) is 0.504. The maximum atomic E-state index is 12.8. The molecule has 0 unspecified atom stereocenters. The van der Waals surface area contributed by atoms with Gasteiger partial charge in [-0.05, 0) is 62.9 Å². The molecule has 0 aliphatic carbocycles. The Bertz CT molecular complexity index is 988. The molecule has 1 amide bonds. The molecule has 0 spiro atoms. The molecule has 176 valence electrons. The van der Waals surface area contributed by atoms with Gasteiger partial charge in [0.25, 0.3) is 0 Å². The Morgan fingerprint density at radius 3 is 2.19 bits per heavy atom. The second-order valence-electron chi connectivity index (χ2n) is 7.84. The number of hydrogen-bond acceptors (Lipinski definition) is 5. The lowest BCUT2D eigenvalue weighted by molar-refractivity contribution is -0.123. The third-order valence-electron chi connectivity index (χ3n) is 4.88. The van der Waals surface area contributed by atoms with Crippen molar-refractivity contribution in [3.8, 4) is 11.5 Å². The number of aryl methyl sites for hydroxylation is 1. The average molecular weight is 463 g/mol. The molecule has 2 rings (SSSR count). The Morgan fingerprint density at radius 2 is 1.59 bits per heavy atom. The molecular formula is C24H34N2O5S. The first-order valence-electron chi connectivity index (χ1n) is 10.9. The molecule has 8 heteroatoms. The van der Waals surface area contributed by atoms with Crippen LogP contribution in [0.1, 0.15) is 38.8 Å². The highest BCUT2D eigenvalue weighted by Gasteiger charge is 2.28. The number of ether oxygens (including phenoxy) is 2. The van der Waals surface area contributed by atoms with Gasteiger partial charge in [0.1, 0.15) is 6.04 Å². The van der Waals surface area contributed by atoms with Gasteiger partial charge in [-0.15, -0.1) is 0 Å². The Kier molecular flexibility index (Phi) is 9.53. The van der Waals surface area contributed by atoms with Gasteiger partial charge in [0.2, 0.25) is 15.9 Å². The molecular weight excluding hydrogens is 428 g/mol. The summed E-state index contributed by atoms with van der Waals surface area (Å²) >= 11 is 0. The SMILES string of the molecule is CCOc1ccc(CCNC(=O)[C@@H](NS(=O)(=O)c2ccc(C)cc2)C(C)C)cc1OCC. The van der Waals surface area contributed by atoms with Crippen molar-refractivity contribution in [2.75, 3.05) is 19.8 Å². The van der Waals surface area contributed by atoms with E-state index in [0.717, 1.165) is 11.1 Å². The van der Waals surface area contributed by atoms with Crippen molar-refractivity contribution in [1.82, 2.24) is 10.0 Å². The maximum absolute atomic E-state index is 12.8. The highest BCUT2D eigenvalue weighted by atomic mass is 32.2. The highest BCUT2D eigenvalue weighted by Crippen LogP contribution is 2.28. The largest absolute Gasteiger partial charge is 0.490 e. The van der Waals surface area contributed by atoms with Crippen LogP contribution in [0.15, 0.2) is 47.4 Å². The molecule has 0 aromatic heterocycles. The fourth-order valence-corrected chi connectivity index (χ4v) is 4.48. The van der Waals surface area contributed by atoms with Gasteiger partial charge >= 0.3 is 0 Å². The maximum Gasteiger partial charge on any atom is 0.241 e. The molecule has 0 heterocycles. The van der Waals surface area contributed by atoms with E-state index in [1.807, 2.05) is 52.8 Å². The van der Waals surface area contributed by atoms with Crippen LogP contribution in [-0.2, 0) is 21.2 Å². The van der Waals surface area contributed by atoms with Gasteiger partial charge in [0.05, 0.1) is 18.1 Å². The summed E-state index contributed by atoms with van der Waals surface area (Å²) in [5.41, 5.74) is 1.95. The number of rotatable bonds is 12. The van der Waals surface area contributed by atoms with Gasteiger partial charge in [-0.2, -0.15) is 4.72 Å². The summed E-state index contributed by atoms with van der Waals surface area (Å²) in [5, 5.41) is 2.85. The summed E-state index contributed by atoms with van der Waals surface area (Å²) in [6.07, 6.45) is 0.577. The second-order valence-corrected chi connectivity index (χ2v) is 9.56. The lowest BCUT2D eigenvalue weighted by Crippen LogP contribution is -2.49.